The van der Waals surface area contributed by atoms with Crippen LogP contribution in [-0.2, 0) is 7.05 Å². The van der Waals surface area contributed by atoms with Crippen LogP contribution in [0.25, 0.3) is 10.9 Å². The molecule has 2 aromatic rings. The van der Waals surface area contributed by atoms with E-state index in [2.05, 4.69) is 24.2 Å². The Balaban J connectivity index is 0.000000531. The third kappa shape index (κ3) is 2.12. The number of aromatic nitrogens is 2. The molecule has 0 fully saturated rings. The van der Waals surface area contributed by atoms with E-state index in [0.717, 1.165) is 10.9 Å². The van der Waals surface area contributed by atoms with Gasteiger partial charge in [-0.2, -0.15) is 0 Å². The lowest BCUT2D eigenvalue weighted by molar-refractivity contribution is 0.396. The number of ether oxygens (including phenoxy) is 1. The maximum Gasteiger partial charge on any atom is 0.240 e. The molecule has 82 valence electrons. The predicted molar refractivity (Wildman–Crippen MR) is 63.4 cm³/mol. The van der Waals surface area contributed by atoms with Gasteiger partial charge in [0, 0.05) is 7.05 Å². The van der Waals surface area contributed by atoms with E-state index in [1.54, 1.807) is 7.11 Å². The van der Waals surface area contributed by atoms with Crippen molar-refractivity contribution in [2.24, 2.45) is 7.05 Å². The molecule has 15 heavy (non-hydrogen) atoms. The minimum absolute atomic E-state index is 0.692. The fraction of sp³-hybridized carbons (Fsp3) is 0.417. The molecule has 0 saturated carbocycles. The summed E-state index contributed by atoms with van der Waals surface area (Å²) in [6.07, 6.45) is 0. The molecular weight excluding hydrogens is 188 g/mol. The van der Waals surface area contributed by atoms with Gasteiger partial charge in [-0.15, -0.1) is 5.10 Å². The van der Waals surface area contributed by atoms with Crippen molar-refractivity contribution in [1.82, 2.24) is 9.78 Å². The zero-order valence-electron chi connectivity index (χ0n) is 10.0. The maximum atomic E-state index is 5.16. The Hall–Kier alpha value is -1.51. The van der Waals surface area contributed by atoms with Gasteiger partial charge in [-0.25, -0.2) is 0 Å². The minimum atomic E-state index is 0.692. The zero-order chi connectivity index (χ0) is 11.4. The van der Waals surface area contributed by atoms with Crippen LogP contribution < -0.4 is 4.74 Å². The quantitative estimate of drug-likeness (QED) is 0.717. The minimum Gasteiger partial charge on any atom is -0.479 e. The predicted octanol–water partition coefficient (Wildman–Crippen LogP) is 2.92. The van der Waals surface area contributed by atoms with E-state index in [-0.39, 0.29) is 0 Å². The smallest absolute Gasteiger partial charge is 0.240 e. The third-order valence-corrected chi connectivity index (χ3v) is 2.17. The normalized spacial score (nSPS) is 9.67. The topological polar surface area (TPSA) is 27.1 Å². The highest BCUT2D eigenvalue weighted by molar-refractivity contribution is 5.85. The number of methoxy groups -OCH3 is 1. The SMILES string of the molecule is CC.COc1nn(C)c2cc(C)ccc12. The average Bonchev–Trinajstić information content (AvgIpc) is 2.58. The van der Waals surface area contributed by atoms with Gasteiger partial charge in [0.05, 0.1) is 18.0 Å². The summed E-state index contributed by atoms with van der Waals surface area (Å²) >= 11 is 0. The first-order chi connectivity index (χ1) is 7.22. The van der Waals surface area contributed by atoms with E-state index in [9.17, 15) is 0 Å². The molecule has 0 amide bonds. The maximum absolute atomic E-state index is 5.16. The Kier molecular flexibility index (Phi) is 3.72. The second-order valence-corrected chi connectivity index (χ2v) is 3.15. The van der Waals surface area contributed by atoms with Crippen LogP contribution in [0.15, 0.2) is 18.2 Å². The molecule has 3 heteroatoms. The van der Waals surface area contributed by atoms with E-state index < -0.39 is 0 Å². The third-order valence-electron chi connectivity index (χ3n) is 2.17. The highest BCUT2D eigenvalue weighted by atomic mass is 16.5. The highest BCUT2D eigenvalue weighted by Gasteiger charge is 2.07. The Morgan fingerprint density at radius 3 is 2.53 bits per heavy atom. The van der Waals surface area contributed by atoms with Crippen LogP contribution in [0.1, 0.15) is 19.4 Å². The van der Waals surface area contributed by atoms with Crippen molar-refractivity contribution in [3.63, 3.8) is 0 Å². The van der Waals surface area contributed by atoms with Crippen molar-refractivity contribution >= 4 is 10.9 Å². The van der Waals surface area contributed by atoms with Gasteiger partial charge in [0.15, 0.2) is 0 Å². The molecule has 0 aliphatic heterocycles. The first-order valence-corrected chi connectivity index (χ1v) is 5.19. The molecule has 0 unspecified atom stereocenters. The summed E-state index contributed by atoms with van der Waals surface area (Å²) < 4.78 is 6.99. The number of hydrogen-bond donors (Lipinski definition) is 0. The number of fused-ring (bicyclic) bond motifs is 1. The number of benzene rings is 1. The standard InChI is InChI=1S/C10H12N2O.C2H6/c1-7-4-5-8-9(6-7)12(2)11-10(8)13-3;1-2/h4-6H,1-3H3;1-2H3. The van der Waals surface area contributed by atoms with Crippen LogP contribution in [0.4, 0.5) is 0 Å². The van der Waals surface area contributed by atoms with Crippen molar-refractivity contribution < 1.29 is 4.74 Å². The molecule has 3 nitrogen and oxygen atoms in total. The van der Waals surface area contributed by atoms with Crippen LogP contribution >= 0.6 is 0 Å². The lowest BCUT2D eigenvalue weighted by Gasteiger charge is -1.95. The van der Waals surface area contributed by atoms with E-state index in [0.29, 0.717) is 5.88 Å². The molecule has 0 aliphatic rings. The lowest BCUT2D eigenvalue weighted by Crippen LogP contribution is -1.90. The van der Waals surface area contributed by atoms with Gasteiger partial charge in [-0.3, -0.25) is 4.68 Å². The van der Waals surface area contributed by atoms with Gasteiger partial charge in [-0.05, 0) is 24.6 Å². The molecule has 1 aromatic carbocycles. The molecule has 0 radical (unpaired) electrons. The molecule has 0 N–H and O–H groups in total. The largest absolute Gasteiger partial charge is 0.479 e. The molecule has 1 aromatic heterocycles. The fourth-order valence-electron chi connectivity index (χ4n) is 1.49. The van der Waals surface area contributed by atoms with Gasteiger partial charge in [-0.1, -0.05) is 19.9 Å². The van der Waals surface area contributed by atoms with Gasteiger partial charge < -0.3 is 4.74 Å². The van der Waals surface area contributed by atoms with Crippen molar-refractivity contribution in [2.45, 2.75) is 20.8 Å². The van der Waals surface area contributed by atoms with Gasteiger partial charge in [0.25, 0.3) is 0 Å². The average molecular weight is 206 g/mol. The van der Waals surface area contributed by atoms with Crippen LogP contribution in [0.2, 0.25) is 0 Å². The molecule has 2 rings (SSSR count). The summed E-state index contributed by atoms with van der Waals surface area (Å²) in [6, 6.07) is 6.20. The number of hydrogen-bond acceptors (Lipinski definition) is 2. The monoisotopic (exact) mass is 206 g/mol. The second kappa shape index (κ2) is 4.82. The fourth-order valence-corrected chi connectivity index (χ4v) is 1.49. The molecular formula is C12H18N2O. The molecule has 0 atom stereocenters. The summed E-state index contributed by atoms with van der Waals surface area (Å²) in [4.78, 5) is 0. The van der Waals surface area contributed by atoms with E-state index in [4.69, 9.17) is 4.74 Å². The number of nitrogens with zero attached hydrogens (tertiary/aromatic N) is 2. The molecule has 1 heterocycles. The summed E-state index contributed by atoms with van der Waals surface area (Å²) in [5, 5.41) is 5.31. The molecule has 0 aliphatic carbocycles. The van der Waals surface area contributed by atoms with Crippen LogP contribution in [0.3, 0.4) is 0 Å². The lowest BCUT2D eigenvalue weighted by atomic mass is 10.2. The summed E-state index contributed by atoms with van der Waals surface area (Å²) in [7, 11) is 3.56. The van der Waals surface area contributed by atoms with Crippen LogP contribution in [0.5, 0.6) is 5.88 Å². The Labute approximate surface area is 90.7 Å². The molecule has 0 bridgehead atoms. The molecule has 0 spiro atoms. The Morgan fingerprint density at radius 2 is 1.93 bits per heavy atom. The highest BCUT2D eigenvalue weighted by Crippen LogP contribution is 2.24. The van der Waals surface area contributed by atoms with E-state index >= 15 is 0 Å². The summed E-state index contributed by atoms with van der Waals surface area (Å²) in [5.74, 6) is 0.692. The van der Waals surface area contributed by atoms with E-state index in [1.807, 2.05) is 31.6 Å². The molecule has 0 saturated heterocycles. The van der Waals surface area contributed by atoms with Gasteiger partial charge in [0.2, 0.25) is 5.88 Å². The van der Waals surface area contributed by atoms with Gasteiger partial charge in [0.1, 0.15) is 0 Å². The Bertz CT molecular complexity index is 446. The first-order valence-electron chi connectivity index (χ1n) is 5.19. The second-order valence-electron chi connectivity index (χ2n) is 3.15. The van der Waals surface area contributed by atoms with E-state index in [1.165, 1.54) is 5.56 Å². The number of aryl methyl sites for hydroxylation is 2. The van der Waals surface area contributed by atoms with Crippen molar-refractivity contribution in [3.8, 4) is 5.88 Å². The van der Waals surface area contributed by atoms with Crippen molar-refractivity contribution in [1.29, 1.82) is 0 Å². The van der Waals surface area contributed by atoms with Crippen molar-refractivity contribution in [2.75, 3.05) is 7.11 Å². The summed E-state index contributed by atoms with van der Waals surface area (Å²) in [6.45, 7) is 6.07. The summed E-state index contributed by atoms with van der Waals surface area (Å²) in [5.41, 5.74) is 2.34. The van der Waals surface area contributed by atoms with Crippen LogP contribution in [0, 0.1) is 6.92 Å². The van der Waals surface area contributed by atoms with Crippen LogP contribution in [-0.4, -0.2) is 16.9 Å². The number of rotatable bonds is 1. The Morgan fingerprint density at radius 1 is 1.27 bits per heavy atom. The zero-order valence-corrected chi connectivity index (χ0v) is 10.0. The van der Waals surface area contributed by atoms with Gasteiger partial charge >= 0.3 is 0 Å². The first kappa shape index (κ1) is 11.6. The van der Waals surface area contributed by atoms with Crippen molar-refractivity contribution in [3.05, 3.63) is 23.8 Å².